The summed E-state index contributed by atoms with van der Waals surface area (Å²) in [6.07, 6.45) is 1.37. The highest BCUT2D eigenvalue weighted by Gasteiger charge is 2.17. The van der Waals surface area contributed by atoms with E-state index in [0.717, 1.165) is 0 Å². The van der Waals surface area contributed by atoms with E-state index in [-0.39, 0.29) is 18.2 Å². The van der Waals surface area contributed by atoms with Crippen molar-refractivity contribution in [1.29, 1.82) is 0 Å². The second kappa shape index (κ2) is 4.93. The first-order chi connectivity index (χ1) is 7.07. The number of rotatable bonds is 5. The van der Waals surface area contributed by atoms with E-state index < -0.39 is 5.97 Å². The van der Waals surface area contributed by atoms with Gasteiger partial charge in [0.1, 0.15) is 5.56 Å². The minimum Gasteiger partial charge on any atom is -0.478 e. The molecule has 0 bridgehead atoms. The molecule has 0 radical (unpaired) electrons. The SMILES string of the molecule is CCOCc1c(C(=O)O)cnn1C(C)C. The molecule has 1 N–H and O–H groups in total. The highest BCUT2D eigenvalue weighted by atomic mass is 16.5. The van der Waals surface area contributed by atoms with Gasteiger partial charge >= 0.3 is 5.97 Å². The fourth-order valence-electron chi connectivity index (χ4n) is 1.35. The van der Waals surface area contributed by atoms with Crippen molar-refractivity contribution in [2.24, 2.45) is 0 Å². The van der Waals surface area contributed by atoms with E-state index in [1.54, 1.807) is 4.68 Å². The summed E-state index contributed by atoms with van der Waals surface area (Å²) in [6.45, 7) is 6.62. The Kier molecular flexibility index (Phi) is 3.85. The van der Waals surface area contributed by atoms with Gasteiger partial charge in [-0.1, -0.05) is 0 Å². The lowest BCUT2D eigenvalue weighted by Gasteiger charge is -2.11. The zero-order valence-corrected chi connectivity index (χ0v) is 9.23. The first-order valence-corrected chi connectivity index (χ1v) is 4.95. The number of hydrogen-bond donors (Lipinski definition) is 1. The van der Waals surface area contributed by atoms with Crippen LogP contribution in [0.5, 0.6) is 0 Å². The molecule has 5 heteroatoms. The molecule has 1 heterocycles. The summed E-state index contributed by atoms with van der Waals surface area (Å²) < 4.78 is 6.92. The second-order valence-electron chi connectivity index (χ2n) is 3.49. The van der Waals surface area contributed by atoms with Crippen LogP contribution in [0.15, 0.2) is 6.20 Å². The largest absolute Gasteiger partial charge is 0.478 e. The van der Waals surface area contributed by atoms with E-state index in [0.29, 0.717) is 12.3 Å². The third-order valence-electron chi connectivity index (χ3n) is 2.06. The Morgan fingerprint density at radius 3 is 2.80 bits per heavy atom. The van der Waals surface area contributed by atoms with Gasteiger partial charge in [0, 0.05) is 12.6 Å². The molecule has 1 aromatic rings. The van der Waals surface area contributed by atoms with Gasteiger partial charge in [-0.25, -0.2) is 4.79 Å². The number of aromatic carboxylic acids is 1. The molecule has 0 aliphatic rings. The minimum absolute atomic E-state index is 0.133. The van der Waals surface area contributed by atoms with E-state index in [9.17, 15) is 4.79 Å². The van der Waals surface area contributed by atoms with Crippen molar-refractivity contribution in [3.05, 3.63) is 17.5 Å². The summed E-state index contributed by atoms with van der Waals surface area (Å²) in [4.78, 5) is 10.9. The van der Waals surface area contributed by atoms with E-state index in [1.807, 2.05) is 20.8 Å². The molecule has 0 aliphatic heterocycles. The van der Waals surface area contributed by atoms with Gasteiger partial charge in [0.15, 0.2) is 0 Å². The van der Waals surface area contributed by atoms with Crippen molar-refractivity contribution in [2.45, 2.75) is 33.4 Å². The molecule has 0 aliphatic carbocycles. The average molecular weight is 212 g/mol. The zero-order valence-electron chi connectivity index (χ0n) is 9.23. The van der Waals surface area contributed by atoms with Crippen molar-refractivity contribution in [1.82, 2.24) is 9.78 Å². The van der Waals surface area contributed by atoms with Crippen LogP contribution in [0, 0.1) is 0 Å². The molecule has 1 rings (SSSR count). The minimum atomic E-state index is -0.961. The summed E-state index contributed by atoms with van der Waals surface area (Å²) in [7, 11) is 0. The normalized spacial score (nSPS) is 10.9. The van der Waals surface area contributed by atoms with Crippen molar-refractivity contribution < 1.29 is 14.6 Å². The van der Waals surface area contributed by atoms with Gasteiger partial charge < -0.3 is 9.84 Å². The van der Waals surface area contributed by atoms with Crippen molar-refractivity contribution in [3.8, 4) is 0 Å². The maximum Gasteiger partial charge on any atom is 0.339 e. The molecule has 0 spiro atoms. The van der Waals surface area contributed by atoms with Crippen molar-refractivity contribution in [3.63, 3.8) is 0 Å². The van der Waals surface area contributed by atoms with Crippen LogP contribution in [0.2, 0.25) is 0 Å². The predicted octanol–water partition coefficient (Wildman–Crippen LogP) is 1.70. The molecule has 5 nitrogen and oxygen atoms in total. The number of carboxylic acids is 1. The summed E-state index contributed by atoms with van der Waals surface area (Å²) in [5.41, 5.74) is 0.844. The highest BCUT2D eigenvalue weighted by Crippen LogP contribution is 2.15. The number of nitrogens with zero attached hydrogens (tertiary/aromatic N) is 2. The molecule has 84 valence electrons. The lowest BCUT2D eigenvalue weighted by Crippen LogP contribution is -2.11. The molecule has 1 aromatic heterocycles. The summed E-state index contributed by atoms with van der Waals surface area (Å²) >= 11 is 0. The van der Waals surface area contributed by atoms with Crippen molar-refractivity contribution >= 4 is 5.97 Å². The topological polar surface area (TPSA) is 64.3 Å². The molecule has 0 unspecified atom stereocenters. The second-order valence-corrected chi connectivity index (χ2v) is 3.49. The van der Waals surface area contributed by atoms with E-state index in [4.69, 9.17) is 9.84 Å². The molecule has 0 fully saturated rings. The maximum atomic E-state index is 10.9. The lowest BCUT2D eigenvalue weighted by atomic mass is 10.2. The predicted molar refractivity (Wildman–Crippen MR) is 54.9 cm³/mol. The van der Waals surface area contributed by atoms with Crippen LogP contribution in [-0.4, -0.2) is 27.5 Å². The van der Waals surface area contributed by atoms with Crippen LogP contribution >= 0.6 is 0 Å². The Morgan fingerprint density at radius 1 is 1.67 bits per heavy atom. The van der Waals surface area contributed by atoms with Crippen LogP contribution in [0.25, 0.3) is 0 Å². The van der Waals surface area contributed by atoms with Gasteiger partial charge in [-0.2, -0.15) is 5.10 Å². The molecule has 15 heavy (non-hydrogen) atoms. The quantitative estimate of drug-likeness (QED) is 0.806. The van der Waals surface area contributed by atoms with Crippen LogP contribution in [0.3, 0.4) is 0 Å². The van der Waals surface area contributed by atoms with Crippen LogP contribution < -0.4 is 0 Å². The van der Waals surface area contributed by atoms with Gasteiger partial charge in [-0.15, -0.1) is 0 Å². The van der Waals surface area contributed by atoms with E-state index >= 15 is 0 Å². The van der Waals surface area contributed by atoms with E-state index in [1.165, 1.54) is 6.20 Å². The fourth-order valence-corrected chi connectivity index (χ4v) is 1.35. The Hall–Kier alpha value is -1.36. The fraction of sp³-hybridized carbons (Fsp3) is 0.600. The molecule has 0 amide bonds. The Labute approximate surface area is 88.7 Å². The van der Waals surface area contributed by atoms with Crippen LogP contribution in [-0.2, 0) is 11.3 Å². The van der Waals surface area contributed by atoms with Crippen LogP contribution in [0.1, 0.15) is 42.9 Å². The summed E-state index contributed by atoms with van der Waals surface area (Å²) in [6, 6.07) is 0.133. The average Bonchev–Trinajstić information content (AvgIpc) is 2.57. The first kappa shape index (κ1) is 11.7. The Morgan fingerprint density at radius 2 is 2.33 bits per heavy atom. The molecule has 0 atom stereocenters. The maximum absolute atomic E-state index is 10.9. The number of ether oxygens (including phenoxy) is 1. The van der Waals surface area contributed by atoms with Crippen molar-refractivity contribution in [2.75, 3.05) is 6.61 Å². The monoisotopic (exact) mass is 212 g/mol. The summed E-state index contributed by atoms with van der Waals surface area (Å²) in [5.74, 6) is -0.961. The third-order valence-corrected chi connectivity index (χ3v) is 2.06. The molecule has 0 saturated carbocycles. The van der Waals surface area contributed by atoms with Gasteiger partial charge in [0.25, 0.3) is 0 Å². The third kappa shape index (κ3) is 2.56. The van der Waals surface area contributed by atoms with Gasteiger partial charge in [-0.05, 0) is 20.8 Å². The Balaban J connectivity index is 3.03. The Bertz CT molecular complexity index is 344. The number of carboxylic acid groups (broad SMARTS) is 1. The number of hydrogen-bond acceptors (Lipinski definition) is 3. The zero-order chi connectivity index (χ0) is 11.4. The molecular formula is C10H16N2O3. The molecular weight excluding hydrogens is 196 g/mol. The number of aromatic nitrogens is 2. The van der Waals surface area contributed by atoms with Crippen LogP contribution in [0.4, 0.5) is 0 Å². The van der Waals surface area contributed by atoms with Gasteiger partial charge in [0.2, 0.25) is 0 Å². The number of carbonyl (C=O) groups is 1. The lowest BCUT2D eigenvalue weighted by molar-refractivity contribution is 0.0687. The standard InChI is InChI=1S/C10H16N2O3/c1-4-15-6-9-8(10(13)14)5-11-12(9)7(2)3/h5,7H,4,6H2,1-3H3,(H,13,14). The van der Waals surface area contributed by atoms with Gasteiger partial charge in [0.05, 0.1) is 18.5 Å². The highest BCUT2D eigenvalue weighted by molar-refractivity contribution is 5.88. The molecule has 0 saturated heterocycles. The van der Waals surface area contributed by atoms with E-state index in [2.05, 4.69) is 5.10 Å². The van der Waals surface area contributed by atoms with Gasteiger partial charge in [-0.3, -0.25) is 4.68 Å². The smallest absolute Gasteiger partial charge is 0.339 e. The summed E-state index contributed by atoms with van der Waals surface area (Å²) in [5, 5.41) is 13.0. The molecule has 0 aromatic carbocycles. The first-order valence-electron chi connectivity index (χ1n) is 4.95.